The molecule has 0 fully saturated rings. The predicted molar refractivity (Wildman–Crippen MR) is 82.1 cm³/mol. The summed E-state index contributed by atoms with van der Waals surface area (Å²) in [6.45, 7) is 5.02. The van der Waals surface area contributed by atoms with Crippen molar-refractivity contribution in [3.63, 3.8) is 0 Å². The van der Waals surface area contributed by atoms with Gasteiger partial charge >= 0.3 is 0 Å². The first kappa shape index (κ1) is 13.2. The Bertz CT molecular complexity index is 624. The standard InChI is InChI=1S/C15H18N2O2S/c1-4-16-15-17-8-14(20-15)11-7-12-10(5-9(2)19-12)6-13(11)18-3/h6-9H,4-5H2,1-3H3,(H,16,17). The molecule has 0 aliphatic carbocycles. The van der Waals surface area contributed by atoms with Crippen LogP contribution in [0.1, 0.15) is 19.4 Å². The zero-order valence-electron chi connectivity index (χ0n) is 11.9. The van der Waals surface area contributed by atoms with Gasteiger partial charge in [-0.2, -0.15) is 0 Å². The average molecular weight is 290 g/mol. The minimum Gasteiger partial charge on any atom is -0.496 e. The van der Waals surface area contributed by atoms with E-state index in [1.165, 1.54) is 5.56 Å². The highest BCUT2D eigenvalue weighted by Gasteiger charge is 2.22. The van der Waals surface area contributed by atoms with Crippen LogP contribution < -0.4 is 14.8 Å². The molecule has 20 heavy (non-hydrogen) atoms. The van der Waals surface area contributed by atoms with Crippen molar-refractivity contribution >= 4 is 16.5 Å². The largest absolute Gasteiger partial charge is 0.496 e. The lowest BCUT2D eigenvalue weighted by Gasteiger charge is -2.09. The van der Waals surface area contributed by atoms with Gasteiger partial charge in [0.05, 0.1) is 12.0 Å². The molecular weight excluding hydrogens is 272 g/mol. The van der Waals surface area contributed by atoms with E-state index < -0.39 is 0 Å². The highest BCUT2D eigenvalue weighted by atomic mass is 32.1. The number of hydrogen-bond donors (Lipinski definition) is 1. The van der Waals surface area contributed by atoms with E-state index in [0.29, 0.717) is 0 Å². The summed E-state index contributed by atoms with van der Waals surface area (Å²) in [5, 5.41) is 4.16. The van der Waals surface area contributed by atoms with Crippen molar-refractivity contribution in [3.8, 4) is 21.9 Å². The molecule has 1 aromatic heterocycles. The molecule has 5 heteroatoms. The number of aromatic nitrogens is 1. The molecule has 3 rings (SSSR count). The second kappa shape index (κ2) is 5.32. The molecule has 0 bridgehead atoms. The van der Waals surface area contributed by atoms with Crippen LogP contribution in [-0.4, -0.2) is 24.7 Å². The lowest BCUT2D eigenvalue weighted by Crippen LogP contribution is -2.05. The molecule has 1 N–H and O–H groups in total. The van der Waals surface area contributed by atoms with Gasteiger partial charge in [0.15, 0.2) is 5.13 Å². The van der Waals surface area contributed by atoms with Crippen LogP contribution in [0, 0.1) is 0 Å². The van der Waals surface area contributed by atoms with E-state index in [1.54, 1.807) is 18.4 Å². The molecule has 2 aromatic rings. The van der Waals surface area contributed by atoms with E-state index in [2.05, 4.69) is 36.3 Å². The summed E-state index contributed by atoms with van der Waals surface area (Å²) < 4.78 is 11.4. The third-order valence-corrected chi connectivity index (χ3v) is 4.31. The number of thiazole rings is 1. The van der Waals surface area contributed by atoms with E-state index in [9.17, 15) is 0 Å². The number of hydrogen-bond acceptors (Lipinski definition) is 5. The molecule has 1 aliphatic heterocycles. The quantitative estimate of drug-likeness (QED) is 0.934. The third-order valence-electron chi connectivity index (χ3n) is 3.32. The van der Waals surface area contributed by atoms with Crippen LogP contribution in [0.2, 0.25) is 0 Å². The van der Waals surface area contributed by atoms with E-state index in [0.717, 1.165) is 40.0 Å². The Balaban J connectivity index is 2.01. The fourth-order valence-corrected chi connectivity index (χ4v) is 3.34. The number of nitrogens with one attached hydrogen (secondary N) is 1. The maximum absolute atomic E-state index is 5.84. The number of rotatable bonds is 4. The molecule has 1 aliphatic rings. The first-order valence-corrected chi connectivity index (χ1v) is 7.60. The molecule has 0 saturated heterocycles. The second-order valence-corrected chi connectivity index (χ2v) is 5.88. The van der Waals surface area contributed by atoms with Gasteiger partial charge in [-0.05, 0) is 26.0 Å². The predicted octanol–water partition coefficient (Wildman–Crippen LogP) is 3.57. The lowest BCUT2D eigenvalue weighted by molar-refractivity contribution is 0.254. The van der Waals surface area contributed by atoms with Crippen molar-refractivity contribution in [2.45, 2.75) is 26.4 Å². The monoisotopic (exact) mass is 290 g/mol. The fourth-order valence-electron chi connectivity index (χ4n) is 2.43. The number of anilines is 1. The van der Waals surface area contributed by atoms with Gasteiger partial charge in [-0.25, -0.2) is 4.98 Å². The van der Waals surface area contributed by atoms with Crippen molar-refractivity contribution in [2.24, 2.45) is 0 Å². The third kappa shape index (κ3) is 2.33. The fraction of sp³-hybridized carbons (Fsp3) is 0.400. The minimum atomic E-state index is 0.240. The maximum atomic E-state index is 5.84. The zero-order valence-corrected chi connectivity index (χ0v) is 12.7. The SMILES string of the molecule is CCNc1ncc(-c2cc3c(cc2OC)CC(C)O3)s1. The number of benzene rings is 1. The van der Waals surface area contributed by atoms with E-state index in [-0.39, 0.29) is 6.10 Å². The van der Waals surface area contributed by atoms with Crippen LogP contribution in [0.4, 0.5) is 5.13 Å². The van der Waals surface area contributed by atoms with Crippen LogP contribution in [-0.2, 0) is 6.42 Å². The Labute approximate surface area is 122 Å². The van der Waals surface area contributed by atoms with Crippen molar-refractivity contribution in [1.29, 1.82) is 0 Å². The summed E-state index contributed by atoms with van der Waals surface area (Å²) in [7, 11) is 1.71. The van der Waals surface area contributed by atoms with Gasteiger partial charge in [0, 0.05) is 30.3 Å². The summed E-state index contributed by atoms with van der Waals surface area (Å²) in [6.07, 6.45) is 3.06. The van der Waals surface area contributed by atoms with Gasteiger partial charge in [0.2, 0.25) is 0 Å². The maximum Gasteiger partial charge on any atom is 0.183 e. The molecule has 1 unspecified atom stereocenters. The minimum absolute atomic E-state index is 0.240. The first-order valence-electron chi connectivity index (χ1n) is 6.79. The molecule has 2 heterocycles. The Morgan fingerprint density at radius 1 is 1.50 bits per heavy atom. The summed E-state index contributed by atoms with van der Waals surface area (Å²) in [6, 6.07) is 4.15. The highest BCUT2D eigenvalue weighted by molar-refractivity contribution is 7.18. The summed E-state index contributed by atoms with van der Waals surface area (Å²) in [5.41, 5.74) is 2.26. The van der Waals surface area contributed by atoms with E-state index in [4.69, 9.17) is 9.47 Å². The Morgan fingerprint density at radius 2 is 2.35 bits per heavy atom. The van der Waals surface area contributed by atoms with E-state index >= 15 is 0 Å². The molecule has 1 atom stereocenters. The highest BCUT2D eigenvalue weighted by Crippen LogP contribution is 2.42. The molecule has 4 nitrogen and oxygen atoms in total. The molecule has 106 valence electrons. The number of methoxy groups -OCH3 is 1. The van der Waals surface area contributed by atoms with Gasteiger partial charge in [-0.3, -0.25) is 0 Å². The Hall–Kier alpha value is -1.75. The lowest BCUT2D eigenvalue weighted by atomic mass is 10.1. The molecule has 1 aromatic carbocycles. The smallest absolute Gasteiger partial charge is 0.183 e. The topological polar surface area (TPSA) is 43.4 Å². The molecular formula is C15H18N2O2S. The Kier molecular flexibility index (Phi) is 3.53. The summed E-state index contributed by atoms with van der Waals surface area (Å²) in [5.74, 6) is 1.85. The van der Waals surface area contributed by atoms with E-state index in [1.807, 2.05) is 6.20 Å². The summed E-state index contributed by atoms with van der Waals surface area (Å²) in [4.78, 5) is 5.46. The average Bonchev–Trinajstić information content (AvgIpc) is 3.02. The van der Waals surface area contributed by atoms with Gasteiger partial charge in [-0.15, -0.1) is 0 Å². The van der Waals surface area contributed by atoms with Gasteiger partial charge in [0.25, 0.3) is 0 Å². The molecule has 0 amide bonds. The van der Waals surface area contributed by atoms with Gasteiger partial charge < -0.3 is 14.8 Å². The van der Waals surface area contributed by atoms with Crippen molar-refractivity contribution in [1.82, 2.24) is 4.98 Å². The molecule has 0 radical (unpaired) electrons. The number of fused-ring (bicyclic) bond motifs is 1. The van der Waals surface area contributed by atoms with Crippen molar-refractivity contribution in [2.75, 3.05) is 19.0 Å². The van der Waals surface area contributed by atoms with Crippen LogP contribution >= 0.6 is 11.3 Å². The molecule has 0 saturated carbocycles. The van der Waals surface area contributed by atoms with Crippen LogP contribution in [0.25, 0.3) is 10.4 Å². The normalized spacial score (nSPS) is 16.6. The zero-order chi connectivity index (χ0) is 14.1. The first-order chi connectivity index (χ1) is 9.71. The number of ether oxygens (including phenoxy) is 2. The van der Waals surface area contributed by atoms with Gasteiger partial charge in [-0.1, -0.05) is 11.3 Å². The summed E-state index contributed by atoms with van der Waals surface area (Å²) >= 11 is 1.63. The Morgan fingerprint density at radius 3 is 3.10 bits per heavy atom. The van der Waals surface area contributed by atoms with Crippen molar-refractivity contribution in [3.05, 3.63) is 23.9 Å². The molecule has 0 spiro atoms. The number of nitrogens with zero attached hydrogens (tertiary/aromatic N) is 1. The van der Waals surface area contributed by atoms with Crippen LogP contribution in [0.3, 0.4) is 0 Å². The van der Waals surface area contributed by atoms with Gasteiger partial charge in [0.1, 0.15) is 17.6 Å². The van der Waals surface area contributed by atoms with Crippen LogP contribution in [0.15, 0.2) is 18.3 Å². The van der Waals surface area contributed by atoms with Crippen LogP contribution in [0.5, 0.6) is 11.5 Å². The second-order valence-electron chi connectivity index (χ2n) is 4.85. The van der Waals surface area contributed by atoms with Crippen molar-refractivity contribution < 1.29 is 9.47 Å².